The van der Waals surface area contributed by atoms with Crippen molar-refractivity contribution in [3.05, 3.63) is 46.2 Å². The van der Waals surface area contributed by atoms with Crippen molar-refractivity contribution in [2.45, 2.75) is 33.6 Å². The van der Waals surface area contributed by atoms with Crippen LogP contribution in [0.3, 0.4) is 0 Å². The Balaban J connectivity index is 1.82. The van der Waals surface area contributed by atoms with E-state index in [2.05, 4.69) is 27.1 Å². The molecule has 5 nitrogen and oxygen atoms in total. The summed E-state index contributed by atoms with van der Waals surface area (Å²) in [6, 6.07) is 7.10. The van der Waals surface area contributed by atoms with Crippen LogP contribution in [0.25, 0.3) is 0 Å². The molecule has 1 aliphatic heterocycles. The van der Waals surface area contributed by atoms with Gasteiger partial charge in [-0.2, -0.15) is 0 Å². The molecule has 1 N–H and O–H groups in total. The van der Waals surface area contributed by atoms with Gasteiger partial charge in [0.25, 0.3) is 5.91 Å². The zero-order valence-electron chi connectivity index (χ0n) is 14.8. The van der Waals surface area contributed by atoms with E-state index in [4.69, 9.17) is 11.6 Å². The number of amides is 1. The summed E-state index contributed by atoms with van der Waals surface area (Å²) in [4.78, 5) is 23.9. The maximum atomic E-state index is 12.6. The minimum atomic E-state index is -0.234. The SMILES string of the molecule is Cc1cc(C(=O)Nc2ccc(Cl)cc2C)nc(N2CCCC(C)C2)n1. The van der Waals surface area contributed by atoms with E-state index in [-0.39, 0.29) is 5.91 Å². The predicted molar refractivity (Wildman–Crippen MR) is 102 cm³/mol. The Hall–Kier alpha value is -2.14. The van der Waals surface area contributed by atoms with E-state index >= 15 is 0 Å². The molecule has 3 rings (SSSR count). The summed E-state index contributed by atoms with van der Waals surface area (Å²) in [6.07, 6.45) is 2.36. The van der Waals surface area contributed by atoms with Crippen molar-refractivity contribution in [3.63, 3.8) is 0 Å². The monoisotopic (exact) mass is 358 g/mol. The first-order chi connectivity index (χ1) is 11.9. The van der Waals surface area contributed by atoms with Crippen molar-refractivity contribution in [1.29, 1.82) is 0 Å². The summed E-state index contributed by atoms with van der Waals surface area (Å²) in [5.41, 5.74) is 2.83. The first-order valence-corrected chi connectivity index (χ1v) is 8.98. The molecule has 1 aromatic heterocycles. The van der Waals surface area contributed by atoms with Crippen molar-refractivity contribution in [2.75, 3.05) is 23.3 Å². The van der Waals surface area contributed by atoms with Gasteiger partial charge in [0.1, 0.15) is 5.69 Å². The molecule has 0 radical (unpaired) electrons. The lowest BCUT2D eigenvalue weighted by atomic mass is 10.0. The molecule has 1 aliphatic rings. The first kappa shape index (κ1) is 17.7. The molecular weight excluding hydrogens is 336 g/mol. The highest BCUT2D eigenvalue weighted by Crippen LogP contribution is 2.22. The summed E-state index contributed by atoms with van der Waals surface area (Å²) < 4.78 is 0. The molecule has 0 bridgehead atoms. The molecule has 0 spiro atoms. The average molecular weight is 359 g/mol. The number of aromatic nitrogens is 2. The van der Waals surface area contributed by atoms with Gasteiger partial charge in [-0.1, -0.05) is 18.5 Å². The molecule has 132 valence electrons. The first-order valence-electron chi connectivity index (χ1n) is 8.60. The van der Waals surface area contributed by atoms with E-state index in [1.807, 2.05) is 19.9 Å². The number of rotatable bonds is 3. The normalized spacial score (nSPS) is 17.4. The van der Waals surface area contributed by atoms with Crippen LogP contribution in [0.15, 0.2) is 24.3 Å². The van der Waals surface area contributed by atoms with E-state index in [1.165, 1.54) is 6.42 Å². The van der Waals surface area contributed by atoms with Crippen molar-refractivity contribution in [2.24, 2.45) is 5.92 Å². The van der Waals surface area contributed by atoms with Crippen molar-refractivity contribution in [3.8, 4) is 0 Å². The smallest absolute Gasteiger partial charge is 0.274 e. The standard InChI is InChI=1S/C19H23ClN4O/c1-12-5-4-8-24(11-12)19-21-14(3)10-17(23-19)18(25)22-16-7-6-15(20)9-13(16)2/h6-7,9-10,12H,4-5,8,11H2,1-3H3,(H,22,25). The summed E-state index contributed by atoms with van der Waals surface area (Å²) in [5, 5.41) is 3.56. The van der Waals surface area contributed by atoms with Crippen LogP contribution in [0.2, 0.25) is 5.02 Å². The summed E-state index contributed by atoms with van der Waals surface area (Å²) in [5.74, 6) is 1.03. The number of nitrogens with zero attached hydrogens (tertiary/aromatic N) is 3. The number of anilines is 2. The number of benzene rings is 1. The van der Waals surface area contributed by atoms with Gasteiger partial charge in [0.05, 0.1) is 0 Å². The highest BCUT2D eigenvalue weighted by atomic mass is 35.5. The Labute approximate surface area is 153 Å². The van der Waals surface area contributed by atoms with Gasteiger partial charge in [0, 0.05) is 29.5 Å². The van der Waals surface area contributed by atoms with Crippen LogP contribution in [0.1, 0.15) is 41.5 Å². The molecule has 1 amide bonds. The van der Waals surface area contributed by atoms with Gasteiger partial charge in [-0.25, -0.2) is 9.97 Å². The molecule has 1 fully saturated rings. The number of carbonyl (C=O) groups is 1. The molecule has 0 aliphatic carbocycles. The number of hydrogen-bond acceptors (Lipinski definition) is 4. The lowest BCUT2D eigenvalue weighted by Gasteiger charge is -2.31. The summed E-state index contributed by atoms with van der Waals surface area (Å²) in [6.45, 7) is 7.90. The van der Waals surface area contributed by atoms with Crippen LogP contribution in [0, 0.1) is 19.8 Å². The zero-order chi connectivity index (χ0) is 18.0. The zero-order valence-corrected chi connectivity index (χ0v) is 15.6. The second-order valence-corrected chi connectivity index (χ2v) is 7.24. The van der Waals surface area contributed by atoms with Crippen LogP contribution in [-0.2, 0) is 0 Å². The fourth-order valence-electron chi connectivity index (χ4n) is 3.14. The Kier molecular flexibility index (Phi) is 5.23. The number of aryl methyl sites for hydroxylation is 2. The van der Waals surface area contributed by atoms with Gasteiger partial charge in [0.2, 0.25) is 5.95 Å². The molecule has 25 heavy (non-hydrogen) atoms. The highest BCUT2D eigenvalue weighted by molar-refractivity contribution is 6.30. The number of halogens is 1. The van der Waals surface area contributed by atoms with E-state index < -0.39 is 0 Å². The van der Waals surface area contributed by atoms with Crippen LogP contribution in [0.4, 0.5) is 11.6 Å². The van der Waals surface area contributed by atoms with E-state index in [1.54, 1.807) is 18.2 Å². The predicted octanol–water partition coefficient (Wildman–Crippen LogP) is 4.24. The van der Waals surface area contributed by atoms with Gasteiger partial charge in [-0.05, 0) is 62.4 Å². The van der Waals surface area contributed by atoms with Crippen LogP contribution < -0.4 is 10.2 Å². The largest absolute Gasteiger partial charge is 0.341 e. The van der Waals surface area contributed by atoms with Crippen LogP contribution >= 0.6 is 11.6 Å². The Morgan fingerprint density at radius 2 is 2.08 bits per heavy atom. The fourth-order valence-corrected chi connectivity index (χ4v) is 3.36. The van der Waals surface area contributed by atoms with E-state index in [9.17, 15) is 4.79 Å². The molecular formula is C19H23ClN4O. The van der Waals surface area contributed by atoms with Crippen LogP contribution in [-0.4, -0.2) is 29.0 Å². The number of nitrogens with one attached hydrogen (secondary N) is 1. The third-order valence-corrected chi connectivity index (χ3v) is 4.69. The van der Waals surface area contributed by atoms with E-state index in [0.29, 0.717) is 22.6 Å². The topological polar surface area (TPSA) is 58.1 Å². The van der Waals surface area contributed by atoms with Gasteiger partial charge >= 0.3 is 0 Å². The molecule has 1 aromatic carbocycles. The van der Waals surface area contributed by atoms with Gasteiger partial charge in [-0.3, -0.25) is 4.79 Å². The van der Waals surface area contributed by atoms with Crippen molar-refractivity contribution < 1.29 is 4.79 Å². The van der Waals surface area contributed by atoms with Gasteiger partial charge in [-0.15, -0.1) is 0 Å². The molecule has 1 unspecified atom stereocenters. The Bertz CT molecular complexity index is 793. The van der Waals surface area contributed by atoms with Crippen molar-refractivity contribution >= 4 is 29.1 Å². The summed E-state index contributed by atoms with van der Waals surface area (Å²) in [7, 11) is 0. The third kappa shape index (κ3) is 4.28. The summed E-state index contributed by atoms with van der Waals surface area (Å²) >= 11 is 5.97. The third-order valence-electron chi connectivity index (χ3n) is 4.45. The number of piperidine rings is 1. The molecule has 6 heteroatoms. The fraction of sp³-hybridized carbons (Fsp3) is 0.421. The minimum absolute atomic E-state index is 0.234. The molecule has 1 atom stereocenters. The lowest BCUT2D eigenvalue weighted by molar-refractivity contribution is 0.102. The molecule has 2 aromatic rings. The van der Waals surface area contributed by atoms with Gasteiger partial charge < -0.3 is 10.2 Å². The van der Waals surface area contributed by atoms with E-state index in [0.717, 1.165) is 36.5 Å². The highest BCUT2D eigenvalue weighted by Gasteiger charge is 2.20. The second-order valence-electron chi connectivity index (χ2n) is 6.80. The minimum Gasteiger partial charge on any atom is -0.341 e. The quantitative estimate of drug-likeness (QED) is 0.891. The van der Waals surface area contributed by atoms with Gasteiger partial charge in [0.15, 0.2) is 0 Å². The number of hydrogen-bond donors (Lipinski definition) is 1. The lowest BCUT2D eigenvalue weighted by Crippen LogP contribution is -2.36. The second kappa shape index (κ2) is 7.40. The van der Waals surface area contributed by atoms with Crippen LogP contribution in [0.5, 0.6) is 0 Å². The average Bonchev–Trinajstić information content (AvgIpc) is 2.57. The molecule has 0 saturated carbocycles. The molecule has 2 heterocycles. The number of carbonyl (C=O) groups excluding carboxylic acids is 1. The maximum absolute atomic E-state index is 12.6. The maximum Gasteiger partial charge on any atom is 0.274 e. The molecule has 1 saturated heterocycles. The Morgan fingerprint density at radius 3 is 2.80 bits per heavy atom. The van der Waals surface area contributed by atoms with Crippen molar-refractivity contribution in [1.82, 2.24) is 9.97 Å². The Morgan fingerprint density at radius 1 is 1.28 bits per heavy atom.